The zero-order chi connectivity index (χ0) is 11.3. The van der Waals surface area contributed by atoms with Crippen molar-refractivity contribution in [3.8, 4) is 0 Å². The molecule has 86 valence electrons. The van der Waals surface area contributed by atoms with Gasteiger partial charge in [-0.25, -0.2) is 0 Å². The molecule has 0 aliphatic heterocycles. The Morgan fingerprint density at radius 1 is 1.27 bits per heavy atom. The van der Waals surface area contributed by atoms with Crippen molar-refractivity contribution in [3.63, 3.8) is 0 Å². The van der Waals surface area contributed by atoms with Gasteiger partial charge >= 0.3 is 0 Å². The predicted molar refractivity (Wildman–Crippen MR) is 56.5 cm³/mol. The van der Waals surface area contributed by atoms with E-state index in [-0.39, 0.29) is 5.54 Å². The summed E-state index contributed by atoms with van der Waals surface area (Å²) in [6.07, 6.45) is 0.666. The summed E-state index contributed by atoms with van der Waals surface area (Å²) in [5, 5.41) is 11.1. The van der Waals surface area contributed by atoms with Crippen molar-refractivity contribution in [2.45, 2.75) is 39.3 Å². The van der Waals surface area contributed by atoms with Crippen molar-refractivity contribution < 1.29 is 9.15 Å². The first-order chi connectivity index (χ1) is 7.01. The zero-order valence-electron chi connectivity index (χ0n) is 9.83. The van der Waals surface area contributed by atoms with Crippen LogP contribution in [0.2, 0.25) is 0 Å². The number of methoxy groups -OCH3 is 1. The van der Waals surface area contributed by atoms with Crippen LogP contribution in [-0.4, -0.2) is 29.5 Å². The molecule has 0 aliphatic rings. The molecule has 1 N–H and O–H groups in total. The lowest BCUT2D eigenvalue weighted by molar-refractivity contribution is 0.194. The summed E-state index contributed by atoms with van der Waals surface area (Å²) in [5.74, 6) is 1.25. The Morgan fingerprint density at radius 2 is 1.93 bits per heavy atom. The van der Waals surface area contributed by atoms with Gasteiger partial charge in [-0.2, -0.15) is 0 Å². The van der Waals surface area contributed by atoms with Crippen LogP contribution >= 0.6 is 0 Å². The lowest BCUT2D eigenvalue weighted by Gasteiger charge is -2.18. The minimum absolute atomic E-state index is 0.0567. The second-order valence-corrected chi connectivity index (χ2v) is 4.44. The number of nitrogens with one attached hydrogen (secondary N) is 1. The first kappa shape index (κ1) is 12.1. The topological polar surface area (TPSA) is 60.2 Å². The minimum Gasteiger partial charge on any atom is -0.424 e. The van der Waals surface area contributed by atoms with Crippen molar-refractivity contribution in [1.29, 1.82) is 0 Å². The molecule has 0 bridgehead atoms. The number of hydrogen-bond acceptors (Lipinski definition) is 5. The fraction of sp³-hybridized carbons (Fsp3) is 0.800. The van der Waals surface area contributed by atoms with Crippen molar-refractivity contribution in [2.24, 2.45) is 0 Å². The van der Waals surface area contributed by atoms with Gasteiger partial charge in [-0.3, -0.25) is 0 Å². The van der Waals surface area contributed by atoms with Crippen LogP contribution in [0.3, 0.4) is 0 Å². The summed E-state index contributed by atoms with van der Waals surface area (Å²) in [7, 11) is 1.65. The van der Waals surface area contributed by atoms with Gasteiger partial charge in [-0.05, 0) is 20.8 Å². The Morgan fingerprint density at radius 3 is 2.53 bits per heavy atom. The van der Waals surface area contributed by atoms with Gasteiger partial charge in [-0.15, -0.1) is 10.2 Å². The summed E-state index contributed by atoms with van der Waals surface area (Å²) in [6, 6.07) is 0. The second-order valence-electron chi connectivity index (χ2n) is 4.44. The summed E-state index contributed by atoms with van der Waals surface area (Å²) in [4.78, 5) is 0. The molecule has 0 amide bonds. The third-order valence-corrected chi connectivity index (χ3v) is 1.80. The van der Waals surface area contributed by atoms with Gasteiger partial charge in [0.15, 0.2) is 0 Å². The Balaban J connectivity index is 2.39. The van der Waals surface area contributed by atoms with Gasteiger partial charge in [0.1, 0.15) is 0 Å². The van der Waals surface area contributed by atoms with Crippen LogP contribution in [0.25, 0.3) is 0 Å². The molecule has 5 heteroatoms. The molecule has 0 saturated carbocycles. The number of nitrogens with zero attached hydrogens (tertiary/aromatic N) is 2. The molecule has 0 unspecified atom stereocenters. The second kappa shape index (κ2) is 5.23. The van der Waals surface area contributed by atoms with Crippen LogP contribution in [0, 0.1) is 0 Å². The highest BCUT2D eigenvalue weighted by molar-refractivity contribution is 4.83. The summed E-state index contributed by atoms with van der Waals surface area (Å²) < 4.78 is 10.3. The number of aromatic nitrogens is 2. The number of ether oxygens (including phenoxy) is 1. The minimum atomic E-state index is 0.0567. The van der Waals surface area contributed by atoms with Crippen LogP contribution in [0.15, 0.2) is 4.42 Å². The van der Waals surface area contributed by atoms with E-state index in [0.29, 0.717) is 31.4 Å². The van der Waals surface area contributed by atoms with E-state index >= 15 is 0 Å². The molecule has 5 nitrogen and oxygen atoms in total. The maximum Gasteiger partial charge on any atom is 0.230 e. The third kappa shape index (κ3) is 4.90. The molecule has 0 radical (unpaired) electrons. The van der Waals surface area contributed by atoms with E-state index in [9.17, 15) is 0 Å². The molecule has 1 heterocycles. The molecule has 0 saturated heterocycles. The maximum atomic E-state index is 5.42. The first-order valence-corrected chi connectivity index (χ1v) is 5.06. The first-order valence-electron chi connectivity index (χ1n) is 5.06. The quantitative estimate of drug-likeness (QED) is 0.795. The van der Waals surface area contributed by atoms with Crippen molar-refractivity contribution in [2.75, 3.05) is 13.7 Å². The Bertz CT molecular complexity index is 291. The van der Waals surface area contributed by atoms with Gasteiger partial charge in [0, 0.05) is 19.1 Å². The standard InChI is InChI=1S/C10H19N3O2/c1-10(2,3)11-7-9-13-12-8(15-9)5-6-14-4/h11H,5-7H2,1-4H3. The highest BCUT2D eigenvalue weighted by Crippen LogP contribution is 2.04. The summed E-state index contributed by atoms with van der Waals surface area (Å²) >= 11 is 0. The van der Waals surface area contributed by atoms with Gasteiger partial charge in [0.25, 0.3) is 0 Å². The third-order valence-electron chi connectivity index (χ3n) is 1.80. The molecule has 0 fully saturated rings. The Labute approximate surface area is 90.2 Å². The van der Waals surface area contributed by atoms with Crippen molar-refractivity contribution in [3.05, 3.63) is 11.8 Å². The lowest BCUT2D eigenvalue weighted by Crippen LogP contribution is -2.35. The Hall–Kier alpha value is -0.940. The number of hydrogen-bond donors (Lipinski definition) is 1. The van der Waals surface area contributed by atoms with E-state index < -0.39 is 0 Å². The molecule has 0 spiro atoms. The SMILES string of the molecule is COCCc1nnc(CNC(C)(C)C)o1. The molecule has 0 aromatic carbocycles. The van der Waals surface area contributed by atoms with Crippen LogP contribution in [0.4, 0.5) is 0 Å². The van der Waals surface area contributed by atoms with E-state index in [1.165, 1.54) is 0 Å². The molecule has 15 heavy (non-hydrogen) atoms. The lowest BCUT2D eigenvalue weighted by atomic mass is 10.1. The Kier molecular flexibility index (Phi) is 4.23. The van der Waals surface area contributed by atoms with E-state index in [1.807, 2.05) is 0 Å². The highest BCUT2D eigenvalue weighted by Gasteiger charge is 2.11. The maximum absolute atomic E-state index is 5.42. The molecular formula is C10H19N3O2. The average Bonchev–Trinajstić information content (AvgIpc) is 2.58. The van der Waals surface area contributed by atoms with Gasteiger partial charge in [-0.1, -0.05) is 0 Å². The smallest absolute Gasteiger partial charge is 0.230 e. The van der Waals surface area contributed by atoms with Crippen molar-refractivity contribution >= 4 is 0 Å². The van der Waals surface area contributed by atoms with E-state index in [0.717, 1.165) is 0 Å². The number of rotatable bonds is 5. The van der Waals surface area contributed by atoms with Crippen LogP contribution in [-0.2, 0) is 17.7 Å². The van der Waals surface area contributed by atoms with Gasteiger partial charge in [0.2, 0.25) is 11.8 Å². The molecule has 0 atom stereocenters. The van der Waals surface area contributed by atoms with Gasteiger partial charge < -0.3 is 14.5 Å². The normalized spacial score (nSPS) is 12.0. The predicted octanol–water partition coefficient (Wildman–Crippen LogP) is 1.15. The van der Waals surface area contributed by atoms with Crippen molar-refractivity contribution in [1.82, 2.24) is 15.5 Å². The fourth-order valence-corrected chi connectivity index (χ4v) is 0.991. The molecule has 1 rings (SSSR count). The van der Waals surface area contributed by atoms with Gasteiger partial charge in [0.05, 0.1) is 13.2 Å². The molecule has 1 aromatic rings. The summed E-state index contributed by atoms with van der Waals surface area (Å²) in [6.45, 7) is 7.48. The van der Waals surface area contributed by atoms with E-state index in [2.05, 4.69) is 36.3 Å². The average molecular weight is 213 g/mol. The highest BCUT2D eigenvalue weighted by atomic mass is 16.5. The zero-order valence-corrected chi connectivity index (χ0v) is 9.83. The van der Waals surface area contributed by atoms with E-state index in [4.69, 9.17) is 9.15 Å². The van der Waals surface area contributed by atoms with Crippen LogP contribution in [0.1, 0.15) is 32.6 Å². The monoisotopic (exact) mass is 213 g/mol. The fourth-order valence-electron chi connectivity index (χ4n) is 0.991. The summed E-state index contributed by atoms with van der Waals surface area (Å²) in [5.41, 5.74) is 0.0567. The largest absolute Gasteiger partial charge is 0.424 e. The molecule has 1 aromatic heterocycles. The molecular weight excluding hydrogens is 194 g/mol. The van der Waals surface area contributed by atoms with E-state index in [1.54, 1.807) is 7.11 Å². The van der Waals surface area contributed by atoms with Crippen LogP contribution in [0.5, 0.6) is 0 Å². The molecule has 0 aliphatic carbocycles. The van der Waals surface area contributed by atoms with Crippen LogP contribution < -0.4 is 5.32 Å².